The predicted octanol–water partition coefficient (Wildman–Crippen LogP) is 5.68. The lowest BCUT2D eigenvalue weighted by molar-refractivity contribution is -0.384. The smallest absolute Gasteiger partial charge is 0.411 e. The lowest BCUT2D eigenvalue weighted by Gasteiger charge is -2.33. The van der Waals surface area contributed by atoms with Crippen molar-refractivity contribution < 1.29 is 22.9 Å². The molecular weight excluding hydrogens is 562 g/mol. The molecule has 3 atom stereocenters. The Labute approximate surface area is 226 Å². The molecule has 0 bridgehead atoms. The highest BCUT2D eigenvalue weighted by molar-refractivity contribution is 9.09. The number of carbonyl (C=O) groups is 1. The van der Waals surface area contributed by atoms with Crippen LogP contribution in [0.2, 0.25) is 0 Å². The van der Waals surface area contributed by atoms with Crippen LogP contribution in [0.1, 0.15) is 65.1 Å². The van der Waals surface area contributed by atoms with Crippen molar-refractivity contribution in [3.8, 4) is 0 Å². The first-order valence-electron chi connectivity index (χ1n) is 12.0. The molecule has 1 aliphatic rings. The van der Waals surface area contributed by atoms with Gasteiger partial charge in [0.25, 0.3) is 5.69 Å². The van der Waals surface area contributed by atoms with E-state index in [9.17, 15) is 23.3 Å². The number of nitrogens with one attached hydrogen (secondary N) is 1. The van der Waals surface area contributed by atoms with Gasteiger partial charge in [-0.25, -0.2) is 17.9 Å². The van der Waals surface area contributed by atoms with Gasteiger partial charge in [-0.2, -0.15) is 0 Å². The molecule has 202 valence electrons. The summed E-state index contributed by atoms with van der Waals surface area (Å²) in [6.45, 7) is 11.7. The highest BCUT2D eigenvalue weighted by Gasteiger charge is 2.45. The normalized spacial score (nSPS) is 20.6. The van der Waals surface area contributed by atoms with E-state index in [1.165, 1.54) is 12.1 Å². The standard InChI is InChI=1S/C26H34BrN3O6S/c1-25(2,3)18-9-7-17(8-10-18)23-22(27)15-20(29(23)24(31)36-26(4,5)6)16-28-37(34,35)21-13-11-19(12-14-21)30(32)33/h7-14,20,22-23,28H,15-16H2,1-6H3/t20-,22-,23+/m0/s1. The molecule has 2 aromatic rings. The Morgan fingerprint density at radius 3 is 2.14 bits per heavy atom. The maximum atomic E-state index is 13.4. The van der Waals surface area contributed by atoms with Crippen molar-refractivity contribution in [3.05, 3.63) is 69.8 Å². The molecule has 0 unspecified atom stereocenters. The van der Waals surface area contributed by atoms with Crippen LogP contribution in [0.3, 0.4) is 0 Å². The molecule has 0 aromatic heterocycles. The first-order valence-corrected chi connectivity index (χ1v) is 14.4. The van der Waals surface area contributed by atoms with E-state index >= 15 is 0 Å². The quantitative estimate of drug-likeness (QED) is 0.260. The summed E-state index contributed by atoms with van der Waals surface area (Å²) in [4.78, 5) is 25.0. The number of amides is 1. The van der Waals surface area contributed by atoms with Crippen molar-refractivity contribution in [2.24, 2.45) is 0 Å². The molecule has 1 aliphatic heterocycles. The van der Waals surface area contributed by atoms with Crippen LogP contribution >= 0.6 is 15.9 Å². The lowest BCUT2D eigenvalue weighted by Crippen LogP contribution is -2.46. The van der Waals surface area contributed by atoms with Gasteiger partial charge in [0.2, 0.25) is 10.0 Å². The van der Waals surface area contributed by atoms with Gasteiger partial charge in [0, 0.05) is 23.5 Å². The van der Waals surface area contributed by atoms with E-state index in [0.717, 1.165) is 23.3 Å². The number of ether oxygens (including phenoxy) is 1. The van der Waals surface area contributed by atoms with E-state index in [1.807, 2.05) is 24.3 Å². The summed E-state index contributed by atoms with van der Waals surface area (Å²) in [7, 11) is -3.96. The predicted molar refractivity (Wildman–Crippen MR) is 145 cm³/mol. The van der Waals surface area contributed by atoms with Gasteiger partial charge in [0.1, 0.15) is 5.60 Å². The molecule has 0 saturated carbocycles. The van der Waals surface area contributed by atoms with Crippen LogP contribution in [0.25, 0.3) is 0 Å². The fourth-order valence-electron chi connectivity index (χ4n) is 4.25. The number of benzene rings is 2. The Morgan fingerprint density at radius 2 is 1.65 bits per heavy atom. The highest BCUT2D eigenvalue weighted by Crippen LogP contribution is 2.42. The Morgan fingerprint density at radius 1 is 1.08 bits per heavy atom. The van der Waals surface area contributed by atoms with Gasteiger partial charge in [-0.3, -0.25) is 15.0 Å². The number of nitrogens with zero attached hydrogens (tertiary/aromatic N) is 2. The Hall–Kier alpha value is -2.50. The topological polar surface area (TPSA) is 119 Å². The summed E-state index contributed by atoms with van der Waals surface area (Å²) in [5, 5.41) is 10.9. The molecular formula is C26H34BrN3O6S. The van der Waals surface area contributed by atoms with Gasteiger partial charge in [-0.1, -0.05) is 61.0 Å². The maximum absolute atomic E-state index is 13.4. The number of rotatable bonds is 6. The molecule has 1 heterocycles. The van der Waals surface area contributed by atoms with Gasteiger partial charge in [-0.15, -0.1) is 0 Å². The third kappa shape index (κ3) is 7.08. The number of non-ortho nitro benzene ring substituents is 1. The molecule has 0 radical (unpaired) electrons. The zero-order valence-corrected chi connectivity index (χ0v) is 24.3. The van der Waals surface area contributed by atoms with Crippen LogP contribution in [-0.2, 0) is 20.2 Å². The third-order valence-electron chi connectivity index (χ3n) is 6.12. The Balaban J connectivity index is 1.88. The lowest BCUT2D eigenvalue weighted by atomic mass is 9.86. The van der Waals surface area contributed by atoms with E-state index in [0.29, 0.717) is 6.42 Å². The number of nitro groups is 1. The van der Waals surface area contributed by atoms with Crippen molar-refractivity contribution in [2.75, 3.05) is 6.54 Å². The summed E-state index contributed by atoms with van der Waals surface area (Å²) in [6, 6.07) is 11.9. The number of likely N-dealkylation sites (tertiary alicyclic amines) is 1. The van der Waals surface area contributed by atoms with Crippen molar-refractivity contribution in [2.45, 2.75) is 80.8 Å². The molecule has 0 spiro atoms. The zero-order valence-electron chi connectivity index (χ0n) is 21.9. The third-order valence-corrected chi connectivity index (χ3v) is 8.44. The summed E-state index contributed by atoms with van der Waals surface area (Å²) < 4.78 is 34.1. The SMILES string of the molecule is CC(C)(C)OC(=O)N1[C@H](CNS(=O)(=O)c2ccc([N+](=O)[O-])cc2)C[C@H](Br)[C@H]1c1ccc(C(C)(C)C)cc1. The monoisotopic (exact) mass is 595 g/mol. The molecule has 37 heavy (non-hydrogen) atoms. The Kier molecular flexibility index (Phi) is 8.41. The molecule has 11 heteroatoms. The van der Waals surface area contributed by atoms with Crippen LogP contribution in [0.5, 0.6) is 0 Å². The largest absolute Gasteiger partial charge is 0.444 e. The fourth-order valence-corrected chi connectivity index (χ4v) is 6.31. The first kappa shape index (κ1) is 29.1. The van der Waals surface area contributed by atoms with Gasteiger partial charge < -0.3 is 4.74 Å². The minimum atomic E-state index is -3.96. The summed E-state index contributed by atoms with van der Waals surface area (Å²) in [5.74, 6) is 0. The number of sulfonamides is 1. The average molecular weight is 597 g/mol. The molecule has 1 fully saturated rings. The second kappa shape index (κ2) is 10.7. The van der Waals surface area contributed by atoms with Crippen molar-refractivity contribution in [3.63, 3.8) is 0 Å². The van der Waals surface area contributed by atoms with Crippen LogP contribution in [0, 0.1) is 10.1 Å². The van der Waals surface area contributed by atoms with E-state index in [4.69, 9.17) is 4.74 Å². The van der Waals surface area contributed by atoms with Crippen molar-refractivity contribution >= 4 is 37.7 Å². The number of hydrogen-bond acceptors (Lipinski definition) is 6. The number of hydrogen-bond donors (Lipinski definition) is 1. The minimum Gasteiger partial charge on any atom is -0.444 e. The molecule has 1 saturated heterocycles. The number of carbonyl (C=O) groups excluding carboxylic acids is 1. The first-order chi connectivity index (χ1) is 17.0. The van der Waals surface area contributed by atoms with E-state index in [1.54, 1.807) is 25.7 Å². The second-order valence-corrected chi connectivity index (χ2v) is 14.2. The molecule has 9 nitrogen and oxygen atoms in total. The van der Waals surface area contributed by atoms with E-state index in [-0.39, 0.29) is 33.4 Å². The molecule has 1 N–H and O–H groups in total. The fraction of sp³-hybridized carbons (Fsp3) is 0.500. The average Bonchev–Trinajstić information content (AvgIpc) is 3.12. The molecule has 1 amide bonds. The van der Waals surface area contributed by atoms with Crippen LogP contribution in [-0.4, -0.2) is 47.3 Å². The summed E-state index contributed by atoms with van der Waals surface area (Å²) in [5.41, 5.74) is 1.13. The van der Waals surface area contributed by atoms with Crippen LogP contribution in [0.15, 0.2) is 53.4 Å². The summed E-state index contributed by atoms with van der Waals surface area (Å²) in [6.07, 6.45) is -0.0351. The number of nitro benzene ring substituents is 1. The van der Waals surface area contributed by atoms with Crippen molar-refractivity contribution in [1.82, 2.24) is 9.62 Å². The number of alkyl halides is 1. The molecule has 2 aromatic carbocycles. The zero-order chi connectivity index (χ0) is 27.8. The number of halogens is 1. The second-order valence-electron chi connectivity index (χ2n) is 11.2. The van der Waals surface area contributed by atoms with Gasteiger partial charge in [0.15, 0.2) is 0 Å². The summed E-state index contributed by atoms with van der Waals surface area (Å²) >= 11 is 3.72. The van der Waals surface area contributed by atoms with E-state index < -0.39 is 32.7 Å². The van der Waals surface area contributed by atoms with Crippen LogP contribution in [0.4, 0.5) is 10.5 Å². The maximum Gasteiger partial charge on any atom is 0.411 e. The van der Waals surface area contributed by atoms with Gasteiger partial charge >= 0.3 is 6.09 Å². The van der Waals surface area contributed by atoms with E-state index in [2.05, 4.69) is 41.4 Å². The Bertz CT molecular complexity index is 1240. The van der Waals surface area contributed by atoms with Gasteiger partial charge in [-0.05, 0) is 55.9 Å². The molecule has 3 rings (SSSR count). The highest BCUT2D eigenvalue weighted by atomic mass is 79.9. The molecule has 0 aliphatic carbocycles. The van der Waals surface area contributed by atoms with Crippen molar-refractivity contribution in [1.29, 1.82) is 0 Å². The van der Waals surface area contributed by atoms with Crippen LogP contribution < -0.4 is 4.72 Å². The minimum absolute atomic E-state index is 0.0223. The van der Waals surface area contributed by atoms with Gasteiger partial charge in [0.05, 0.1) is 21.9 Å².